The van der Waals surface area contributed by atoms with Crippen LogP contribution in [0.5, 0.6) is 0 Å². The molecule has 4 aliphatic rings. The topological polar surface area (TPSA) is 80.5 Å². The van der Waals surface area contributed by atoms with E-state index in [9.17, 15) is 19.7 Å². The van der Waals surface area contributed by atoms with Crippen molar-refractivity contribution in [3.63, 3.8) is 0 Å². The average Bonchev–Trinajstić information content (AvgIpc) is 3.02. The molecule has 2 fully saturated rings. The van der Waals surface area contributed by atoms with Crippen LogP contribution in [0.25, 0.3) is 11.1 Å². The van der Waals surface area contributed by atoms with Crippen molar-refractivity contribution in [3.05, 3.63) is 70.8 Å². The van der Waals surface area contributed by atoms with Crippen molar-refractivity contribution < 1.29 is 14.5 Å². The number of benzene rings is 2. The van der Waals surface area contributed by atoms with E-state index in [0.717, 1.165) is 24.0 Å². The number of imide groups is 1. The largest absolute Gasteiger partial charge is 0.274 e. The minimum Gasteiger partial charge on any atom is -0.274 e. The van der Waals surface area contributed by atoms with Crippen molar-refractivity contribution in [2.75, 3.05) is 4.90 Å². The lowest BCUT2D eigenvalue weighted by Crippen LogP contribution is -2.38. The third-order valence-corrected chi connectivity index (χ3v) is 6.30. The molecule has 4 atom stereocenters. The highest BCUT2D eigenvalue weighted by Crippen LogP contribution is 2.50. The Balaban J connectivity index is 1.42. The number of hydrogen-bond acceptors (Lipinski definition) is 4. The molecule has 0 spiro atoms. The zero-order valence-corrected chi connectivity index (χ0v) is 15.0. The van der Waals surface area contributed by atoms with Crippen LogP contribution >= 0.6 is 0 Å². The maximum absolute atomic E-state index is 13.0. The molecular weight excluding hydrogens is 356 g/mol. The number of nitro groups is 1. The first-order valence-corrected chi connectivity index (χ1v) is 9.45. The Morgan fingerprint density at radius 1 is 0.786 bits per heavy atom. The van der Waals surface area contributed by atoms with Gasteiger partial charge in [0.25, 0.3) is 5.69 Å². The predicted molar refractivity (Wildman–Crippen MR) is 103 cm³/mol. The van der Waals surface area contributed by atoms with E-state index in [1.807, 2.05) is 12.1 Å². The molecule has 2 amide bonds. The Labute approximate surface area is 161 Å². The van der Waals surface area contributed by atoms with Gasteiger partial charge in [-0.25, -0.2) is 0 Å². The smallest absolute Gasteiger partial charge is 0.269 e. The fourth-order valence-corrected chi connectivity index (χ4v) is 4.91. The normalized spacial score (nSPS) is 27.9. The van der Waals surface area contributed by atoms with Crippen LogP contribution in [0, 0.1) is 33.8 Å². The minimum absolute atomic E-state index is 0.0412. The molecule has 140 valence electrons. The summed E-state index contributed by atoms with van der Waals surface area (Å²) in [5.74, 6) is -0.253. The van der Waals surface area contributed by atoms with E-state index in [4.69, 9.17) is 0 Å². The zero-order valence-electron chi connectivity index (χ0n) is 15.0. The second-order valence-electron chi connectivity index (χ2n) is 7.70. The molecule has 0 aromatic heterocycles. The number of allylic oxidation sites excluding steroid dienone is 2. The van der Waals surface area contributed by atoms with Gasteiger partial charge in [0.15, 0.2) is 0 Å². The van der Waals surface area contributed by atoms with E-state index in [2.05, 4.69) is 12.2 Å². The lowest BCUT2D eigenvalue weighted by Gasteiger charge is -2.38. The second kappa shape index (κ2) is 6.12. The number of hydrogen-bond donors (Lipinski definition) is 0. The SMILES string of the molecule is O=C1[C@H]2[C@H](C(=O)N1c1ccc(-c3ccc([N+](=O)[O-])cc3)cc1)[C@H]1C=C[C@H]2CC1. The third-order valence-electron chi connectivity index (χ3n) is 6.30. The molecule has 0 N–H and O–H groups in total. The summed E-state index contributed by atoms with van der Waals surface area (Å²) in [6, 6.07) is 13.5. The second-order valence-corrected chi connectivity index (χ2v) is 7.70. The van der Waals surface area contributed by atoms with Crippen LogP contribution in [-0.2, 0) is 9.59 Å². The summed E-state index contributed by atoms with van der Waals surface area (Å²) in [6.07, 6.45) is 6.19. The maximum atomic E-state index is 13.0. The van der Waals surface area contributed by atoms with Crippen molar-refractivity contribution in [1.82, 2.24) is 0 Å². The highest BCUT2D eigenvalue weighted by molar-refractivity contribution is 6.22. The molecule has 2 aromatic carbocycles. The van der Waals surface area contributed by atoms with Crippen molar-refractivity contribution in [1.29, 1.82) is 0 Å². The Morgan fingerprint density at radius 3 is 1.68 bits per heavy atom. The number of amides is 2. The Bertz CT molecular complexity index is 978. The molecule has 1 heterocycles. The van der Waals surface area contributed by atoms with E-state index in [0.29, 0.717) is 5.69 Å². The molecule has 28 heavy (non-hydrogen) atoms. The van der Waals surface area contributed by atoms with Crippen LogP contribution < -0.4 is 4.90 Å². The monoisotopic (exact) mass is 374 g/mol. The molecule has 1 aliphatic heterocycles. The zero-order chi connectivity index (χ0) is 19.4. The summed E-state index contributed by atoms with van der Waals surface area (Å²) in [7, 11) is 0. The predicted octanol–water partition coefficient (Wildman–Crippen LogP) is 3.96. The summed E-state index contributed by atoms with van der Waals surface area (Å²) in [4.78, 5) is 37.7. The first-order valence-electron chi connectivity index (χ1n) is 9.45. The molecule has 1 saturated heterocycles. The number of non-ortho nitro benzene ring substituents is 1. The lowest BCUT2D eigenvalue weighted by atomic mass is 9.63. The van der Waals surface area contributed by atoms with Crippen molar-refractivity contribution in [3.8, 4) is 11.1 Å². The fourth-order valence-electron chi connectivity index (χ4n) is 4.91. The van der Waals surface area contributed by atoms with Crippen LogP contribution in [0.3, 0.4) is 0 Å². The van der Waals surface area contributed by atoms with Crippen molar-refractivity contribution in [2.24, 2.45) is 23.7 Å². The van der Waals surface area contributed by atoms with Gasteiger partial charge in [0.2, 0.25) is 11.8 Å². The van der Waals surface area contributed by atoms with Gasteiger partial charge in [-0.2, -0.15) is 0 Å². The Kier molecular flexibility index (Phi) is 3.69. The van der Waals surface area contributed by atoms with Gasteiger partial charge in [0, 0.05) is 12.1 Å². The van der Waals surface area contributed by atoms with Gasteiger partial charge in [-0.3, -0.25) is 24.6 Å². The number of nitrogens with zero attached hydrogens (tertiary/aromatic N) is 2. The van der Waals surface area contributed by atoms with Gasteiger partial charge in [-0.1, -0.05) is 24.3 Å². The van der Waals surface area contributed by atoms with Crippen LogP contribution in [-0.4, -0.2) is 16.7 Å². The van der Waals surface area contributed by atoms with E-state index >= 15 is 0 Å². The first-order chi connectivity index (χ1) is 13.5. The van der Waals surface area contributed by atoms with Gasteiger partial charge >= 0.3 is 0 Å². The molecule has 0 unspecified atom stereocenters. The number of fused-ring (bicyclic) bond motifs is 1. The van der Waals surface area contributed by atoms with Gasteiger partial charge in [0.1, 0.15) is 0 Å². The number of anilines is 1. The molecule has 1 saturated carbocycles. The highest BCUT2D eigenvalue weighted by Gasteiger charge is 2.56. The summed E-state index contributed by atoms with van der Waals surface area (Å²) in [5, 5.41) is 10.8. The lowest BCUT2D eigenvalue weighted by molar-refractivity contribution is -0.384. The van der Waals surface area contributed by atoms with Crippen LogP contribution in [0.15, 0.2) is 60.7 Å². The minimum atomic E-state index is -0.432. The highest BCUT2D eigenvalue weighted by atomic mass is 16.6. The molecule has 2 aromatic rings. The Hall–Kier alpha value is -3.28. The number of nitro benzene ring substituents is 1. The molecular formula is C22H18N2O4. The summed E-state index contributed by atoms with van der Waals surface area (Å²) >= 11 is 0. The van der Waals surface area contributed by atoms with E-state index in [-0.39, 0.29) is 41.2 Å². The number of carbonyl (C=O) groups excluding carboxylic acids is 2. The molecule has 6 rings (SSSR count). The van der Waals surface area contributed by atoms with E-state index < -0.39 is 4.92 Å². The fraction of sp³-hybridized carbons (Fsp3) is 0.273. The van der Waals surface area contributed by atoms with E-state index in [1.165, 1.54) is 17.0 Å². The van der Waals surface area contributed by atoms with Gasteiger partial charge < -0.3 is 0 Å². The standard InChI is InChI=1S/C22H18N2O4/c25-21-19-15-1-2-16(4-3-15)20(19)22(26)23(21)17-9-5-13(6-10-17)14-7-11-18(12-8-14)24(27)28/h1-2,5-12,15-16,19-20H,3-4H2/t15-,16-,19+,20+/m0/s1. The molecule has 6 nitrogen and oxygen atoms in total. The Morgan fingerprint density at radius 2 is 1.25 bits per heavy atom. The molecule has 3 aliphatic carbocycles. The van der Waals surface area contributed by atoms with Gasteiger partial charge in [0.05, 0.1) is 22.4 Å². The van der Waals surface area contributed by atoms with Crippen LogP contribution in [0.2, 0.25) is 0 Å². The average molecular weight is 374 g/mol. The quantitative estimate of drug-likeness (QED) is 0.352. The van der Waals surface area contributed by atoms with Crippen molar-refractivity contribution in [2.45, 2.75) is 12.8 Å². The summed E-state index contributed by atoms with van der Waals surface area (Å²) < 4.78 is 0. The van der Waals surface area contributed by atoms with E-state index in [1.54, 1.807) is 24.3 Å². The third kappa shape index (κ3) is 2.41. The molecule has 6 heteroatoms. The first kappa shape index (κ1) is 16.9. The number of carbonyl (C=O) groups is 2. The molecule has 2 bridgehead atoms. The van der Waals surface area contributed by atoms with Crippen LogP contribution in [0.4, 0.5) is 11.4 Å². The molecule has 0 radical (unpaired) electrons. The van der Waals surface area contributed by atoms with Gasteiger partial charge in [-0.15, -0.1) is 0 Å². The summed E-state index contributed by atoms with van der Waals surface area (Å²) in [5.41, 5.74) is 2.35. The maximum Gasteiger partial charge on any atom is 0.269 e. The summed E-state index contributed by atoms with van der Waals surface area (Å²) in [6.45, 7) is 0. The van der Waals surface area contributed by atoms with Crippen LogP contribution in [0.1, 0.15) is 12.8 Å². The van der Waals surface area contributed by atoms with Gasteiger partial charge in [-0.05, 0) is 60.1 Å². The number of rotatable bonds is 3. The van der Waals surface area contributed by atoms with Crippen molar-refractivity contribution >= 4 is 23.2 Å².